The van der Waals surface area contributed by atoms with E-state index in [0.29, 0.717) is 18.8 Å². The van der Waals surface area contributed by atoms with Crippen molar-refractivity contribution in [3.05, 3.63) is 24.0 Å². The third kappa shape index (κ3) is 3.03. The van der Waals surface area contributed by atoms with E-state index in [1.165, 1.54) is 0 Å². The molecule has 0 aliphatic rings. The first-order valence-electron chi connectivity index (χ1n) is 6.22. The predicted octanol–water partition coefficient (Wildman–Crippen LogP) is 0.683. The number of fused-ring (bicyclic) bond motifs is 1. The van der Waals surface area contributed by atoms with Crippen molar-refractivity contribution in [2.75, 3.05) is 18.9 Å². The minimum Gasteiger partial charge on any atom is -0.399 e. The van der Waals surface area contributed by atoms with Gasteiger partial charge in [0.25, 0.3) is 0 Å². The van der Waals surface area contributed by atoms with Gasteiger partial charge in [0, 0.05) is 18.7 Å². The van der Waals surface area contributed by atoms with Crippen LogP contribution < -0.4 is 11.5 Å². The lowest BCUT2D eigenvalue weighted by atomic mass is 10.3. The smallest absolute Gasteiger partial charge is 0.243 e. The molecule has 1 aromatic heterocycles. The molecule has 1 heterocycles. The van der Waals surface area contributed by atoms with Gasteiger partial charge in [0.05, 0.1) is 17.6 Å². The van der Waals surface area contributed by atoms with E-state index in [4.69, 9.17) is 16.2 Å². The maximum absolute atomic E-state index is 10.6. The number of rotatable bonds is 6. The molecule has 0 fully saturated rings. The lowest BCUT2D eigenvalue weighted by Crippen LogP contribution is -2.20. The second-order valence-corrected chi connectivity index (χ2v) is 4.30. The average Bonchev–Trinajstić information content (AvgIpc) is 2.71. The van der Waals surface area contributed by atoms with Crippen LogP contribution >= 0.6 is 0 Å². The number of carbonyl (C=O) groups is 1. The van der Waals surface area contributed by atoms with E-state index in [1.54, 1.807) is 0 Å². The van der Waals surface area contributed by atoms with Crippen LogP contribution in [-0.2, 0) is 22.5 Å². The molecule has 0 bridgehead atoms. The molecule has 1 aromatic carbocycles. The van der Waals surface area contributed by atoms with E-state index in [2.05, 4.69) is 9.55 Å². The number of aryl methyl sites for hydroxylation is 1. The summed E-state index contributed by atoms with van der Waals surface area (Å²) in [5, 5.41) is 0. The molecule has 4 N–H and O–H groups in total. The van der Waals surface area contributed by atoms with Gasteiger partial charge in [-0.15, -0.1) is 0 Å². The van der Waals surface area contributed by atoms with Gasteiger partial charge in [0.2, 0.25) is 5.91 Å². The summed E-state index contributed by atoms with van der Waals surface area (Å²) in [6.45, 7) is 3.05. The zero-order valence-electron chi connectivity index (χ0n) is 10.9. The van der Waals surface area contributed by atoms with Crippen LogP contribution in [0.3, 0.4) is 0 Å². The molecular weight excluding hydrogens is 244 g/mol. The number of hydrogen-bond donors (Lipinski definition) is 2. The highest BCUT2D eigenvalue weighted by molar-refractivity contribution is 5.79. The number of nitrogens with zero attached hydrogens (tertiary/aromatic N) is 2. The lowest BCUT2D eigenvalue weighted by Gasteiger charge is -2.08. The first kappa shape index (κ1) is 13.4. The molecule has 0 aliphatic carbocycles. The molecule has 1 amide bonds. The summed E-state index contributed by atoms with van der Waals surface area (Å²) < 4.78 is 7.27. The first-order valence-corrected chi connectivity index (χ1v) is 6.22. The van der Waals surface area contributed by atoms with Gasteiger partial charge in [-0.05, 0) is 18.2 Å². The molecule has 0 aliphatic heterocycles. The van der Waals surface area contributed by atoms with E-state index < -0.39 is 5.91 Å². The summed E-state index contributed by atoms with van der Waals surface area (Å²) in [5.74, 6) is 0.516. The zero-order valence-corrected chi connectivity index (χ0v) is 10.9. The number of nitrogens with two attached hydrogens (primary N) is 2. The number of imidazole rings is 1. The highest BCUT2D eigenvalue weighted by atomic mass is 16.5. The normalized spacial score (nSPS) is 11.0. The van der Waals surface area contributed by atoms with Gasteiger partial charge >= 0.3 is 0 Å². The molecule has 0 spiro atoms. The van der Waals surface area contributed by atoms with Crippen molar-refractivity contribution >= 4 is 22.6 Å². The standard InChI is InChI=1S/C13H18N4O2/c1-2-13-16-10-7-9(14)3-4-11(10)17(13)5-6-19-8-12(15)18/h3-4,7H,2,5-6,8,14H2,1H3,(H2,15,18). The maximum atomic E-state index is 10.6. The van der Waals surface area contributed by atoms with Gasteiger partial charge in [0.15, 0.2) is 0 Å². The molecular formula is C13H18N4O2. The number of anilines is 1. The van der Waals surface area contributed by atoms with Gasteiger partial charge in [-0.3, -0.25) is 4.79 Å². The van der Waals surface area contributed by atoms with Crippen LogP contribution in [0, 0.1) is 0 Å². The number of carbonyl (C=O) groups excluding carboxylic acids is 1. The highest BCUT2D eigenvalue weighted by Gasteiger charge is 2.09. The summed E-state index contributed by atoms with van der Waals surface area (Å²) in [4.78, 5) is 15.1. The van der Waals surface area contributed by atoms with Crippen molar-refractivity contribution in [2.45, 2.75) is 19.9 Å². The van der Waals surface area contributed by atoms with Gasteiger partial charge in [0.1, 0.15) is 12.4 Å². The Hall–Kier alpha value is -2.08. The number of aromatic nitrogens is 2. The Kier molecular flexibility index (Phi) is 4.01. The molecule has 0 saturated carbocycles. The Morgan fingerprint density at radius 3 is 2.95 bits per heavy atom. The SMILES string of the molecule is CCc1nc2cc(N)ccc2n1CCOCC(N)=O. The quantitative estimate of drug-likeness (QED) is 0.591. The van der Waals surface area contributed by atoms with Gasteiger partial charge in [-0.2, -0.15) is 0 Å². The molecule has 0 atom stereocenters. The van der Waals surface area contributed by atoms with Crippen molar-refractivity contribution in [1.82, 2.24) is 9.55 Å². The van der Waals surface area contributed by atoms with E-state index >= 15 is 0 Å². The zero-order chi connectivity index (χ0) is 13.8. The average molecular weight is 262 g/mol. The van der Waals surface area contributed by atoms with Crippen LogP contribution in [0.5, 0.6) is 0 Å². The Bertz CT molecular complexity index is 592. The number of benzene rings is 1. The second kappa shape index (κ2) is 5.71. The first-order chi connectivity index (χ1) is 9.11. The van der Waals surface area contributed by atoms with E-state index in [1.807, 2.05) is 25.1 Å². The Morgan fingerprint density at radius 2 is 2.26 bits per heavy atom. The van der Waals surface area contributed by atoms with E-state index in [-0.39, 0.29) is 6.61 Å². The largest absolute Gasteiger partial charge is 0.399 e. The summed E-state index contributed by atoms with van der Waals surface area (Å²) in [5.41, 5.74) is 13.4. The van der Waals surface area contributed by atoms with Gasteiger partial charge in [-0.25, -0.2) is 4.98 Å². The molecule has 6 nitrogen and oxygen atoms in total. The molecule has 0 radical (unpaired) electrons. The fourth-order valence-corrected chi connectivity index (χ4v) is 2.04. The second-order valence-electron chi connectivity index (χ2n) is 4.30. The number of ether oxygens (including phenoxy) is 1. The van der Waals surface area contributed by atoms with Crippen molar-refractivity contribution < 1.29 is 9.53 Å². The van der Waals surface area contributed by atoms with E-state index in [0.717, 1.165) is 23.3 Å². The van der Waals surface area contributed by atoms with Gasteiger partial charge < -0.3 is 20.8 Å². The van der Waals surface area contributed by atoms with Crippen molar-refractivity contribution in [3.8, 4) is 0 Å². The fourth-order valence-electron chi connectivity index (χ4n) is 2.04. The van der Waals surface area contributed by atoms with Crippen LogP contribution in [0.1, 0.15) is 12.7 Å². The van der Waals surface area contributed by atoms with Crippen LogP contribution in [0.15, 0.2) is 18.2 Å². The van der Waals surface area contributed by atoms with Crippen LogP contribution in [0.25, 0.3) is 11.0 Å². The minimum atomic E-state index is -0.459. The highest BCUT2D eigenvalue weighted by Crippen LogP contribution is 2.19. The number of nitrogen functional groups attached to an aromatic ring is 1. The molecule has 19 heavy (non-hydrogen) atoms. The predicted molar refractivity (Wildman–Crippen MR) is 73.5 cm³/mol. The monoisotopic (exact) mass is 262 g/mol. The van der Waals surface area contributed by atoms with Crippen molar-refractivity contribution in [3.63, 3.8) is 0 Å². The molecule has 2 aromatic rings. The van der Waals surface area contributed by atoms with Gasteiger partial charge in [-0.1, -0.05) is 6.92 Å². The van der Waals surface area contributed by atoms with Crippen LogP contribution in [0.2, 0.25) is 0 Å². The third-order valence-electron chi connectivity index (χ3n) is 2.87. The fraction of sp³-hybridized carbons (Fsp3) is 0.385. The molecule has 102 valence electrons. The Labute approximate surface area is 111 Å². The minimum absolute atomic E-state index is 0.0545. The summed E-state index contributed by atoms with van der Waals surface area (Å²) in [7, 11) is 0. The lowest BCUT2D eigenvalue weighted by molar-refractivity contribution is -0.122. The maximum Gasteiger partial charge on any atom is 0.243 e. The number of primary amides is 1. The Morgan fingerprint density at radius 1 is 1.47 bits per heavy atom. The molecule has 2 rings (SSSR count). The third-order valence-corrected chi connectivity index (χ3v) is 2.87. The number of amides is 1. The van der Waals surface area contributed by atoms with Crippen LogP contribution in [0.4, 0.5) is 5.69 Å². The summed E-state index contributed by atoms with van der Waals surface area (Å²) >= 11 is 0. The molecule has 6 heteroatoms. The molecule has 0 unspecified atom stereocenters. The van der Waals surface area contributed by atoms with Crippen LogP contribution in [-0.4, -0.2) is 28.7 Å². The van der Waals surface area contributed by atoms with E-state index in [9.17, 15) is 4.79 Å². The van der Waals surface area contributed by atoms with Crippen molar-refractivity contribution in [2.24, 2.45) is 5.73 Å². The molecule has 0 saturated heterocycles. The number of hydrogen-bond acceptors (Lipinski definition) is 4. The Balaban J connectivity index is 2.18. The topological polar surface area (TPSA) is 96.2 Å². The van der Waals surface area contributed by atoms with Crippen molar-refractivity contribution in [1.29, 1.82) is 0 Å². The summed E-state index contributed by atoms with van der Waals surface area (Å²) in [6, 6.07) is 5.66. The summed E-state index contributed by atoms with van der Waals surface area (Å²) in [6.07, 6.45) is 0.824.